The Balaban J connectivity index is 1.66. The predicted octanol–water partition coefficient (Wildman–Crippen LogP) is 6.64. The van der Waals surface area contributed by atoms with Crippen molar-refractivity contribution in [3.05, 3.63) is 130 Å². The Morgan fingerprint density at radius 2 is 1.14 bits per heavy atom. The molecule has 4 aromatic rings. The molecule has 0 bridgehead atoms. The predicted molar refractivity (Wildman–Crippen MR) is 122 cm³/mol. The molecule has 3 heteroatoms. The molecular formula is C26H20BrNO. The molecule has 2 nitrogen and oxygen atoms in total. The summed E-state index contributed by atoms with van der Waals surface area (Å²) >= 11 is 3.47. The fourth-order valence-corrected chi connectivity index (χ4v) is 3.82. The monoisotopic (exact) mass is 441 g/mol. The minimum atomic E-state index is -0.236. The molecule has 0 aliphatic heterocycles. The zero-order valence-electron chi connectivity index (χ0n) is 15.8. The quantitative estimate of drug-likeness (QED) is 0.369. The van der Waals surface area contributed by atoms with Gasteiger partial charge in [-0.3, -0.25) is 4.79 Å². The van der Waals surface area contributed by atoms with Crippen molar-refractivity contribution in [3.63, 3.8) is 0 Å². The standard InChI is InChI=1S/C26H20BrNO/c27-24-14-8-7-13-23(24)26(29)28-25(21-11-5-2-6-12-21)22-17-15-20(16-18-22)19-9-3-1-4-10-19/h1-18,25H,(H,28,29)/t25-/m1/s1. The highest BCUT2D eigenvalue weighted by molar-refractivity contribution is 9.10. The molecule has 1 N–H and O–H groups in total. The van der Waals surface area contributed by atoms with Gasteiger partial charge in [-0.25, -0.2) is 0 Å². The molecule has 0 saturated carbocycles. The van der Waals surface area contributed by atoms with Crippen molar-refractivity contribution in [2.45, 2.75) is 6.04 Å². The summed E-state index contributed by atoms with van der Waals surface area (Å²) < 4.78 is 0.781. The summed E-state index contributed by atoms with van der Waals surface area (Å²) in [5.41, 5.74) is 5.02. The molecule has 0 fully saturated rings. The molecule has 4 aromatic carbocycles. The van der Waals surface area contributed by atoms with Gasteiger partial charge in [-0.1, -0.05) is 97.1 Å². The average Bonchev–Trinajstić information content (AvgIpc) is 2.79. The largest absolute Gasteiger partial charge is 0.341 e. The van der Waals surface area contributed by atoms with E-state index in [0.717, 1.165) is 21.2 Å². The van der Waals surface area contributed by atoms with Crippen LogP contribution in [0.1, 0.15) is 27.5 Å². The SMILES string of the molecule is O=C(N[C@H](c1ccccc1)c1ccc(-c2ccccc2)cc1)c1ccccc1Br. The van der Waals surface area contributed by atoms with Crippen LogP contribution in [0.25, 0.3) is 11.1 Å². The van der Waals surface area contributed by atoms with E-state index >= 15 is 0 Å². The first-order chi connectivity index (χ1) is 14.2. The topological polar surface area (TPSA) is 29.1 Å². The van der Waals surface area contributed by atoms with E-state index in [1.54, 1.807) is 0 Å². The van der Waals surface area contributed by atoms with Crippen LogP contribution in [0, 0.1) is 0 Å². The van der Waals surface area contributed by atoms with Crippen molar-refractivity contribution >= 4 is 21.8 Å². The maximum atomic E-state index is 13.0. The lowest BCUT2D eigenvalue weighted by molar-refractivity contribution is 0.0942. The summed E-state index contributed by atoms with van der Waals surface area (Å²) in [6.07, 6.45) is 0. The van der Waals surface area contributed by atoms with Crippen molar-refractivity contribution in [3.8, 4) is 11.1 Å². The minimum absolute atomic E-state index is 0.113. The van der Waals surface area contributed by atoms with Gasteiger partial charge in [0.05, 0.1) is 11.6 Å². The second kappa shape index (κ2) is 8.89. The van der Waals surface area contributed by atoms with Crippen LogP contribution in [0.5, 0.6) is 0 Å². The van der Waals surface area contributed by atoms with Gasteiger partial charge in [0.1, 0.15) is 0 Å². The molecule has 29 heavy (non-hydrogen) atoms. The zero-order valence-corrected chi connectivity index (χ0v) is 17.3. The van der Waals surface area contributed by atoms with Gasteiger partial charge in [0.15, 0.2) is 0 Å². The van der Waals surface area contributed by atoms with Gasteiger partial charge >= 0.3 is 0 Å². The Morgan fingerprint density at radius 3 is 1.79 bits per heavy atom. The smallest absolute Gasteiger partial charge is 0.253 e. The summed E-state index contributed by atoms with van der Waals surface area (Å²) in [7, 11) is 0. The van der Waals surface area contributed by atoms with Gasteiger partial charge in [-0.2, -0.15) is 0 Å². The molecule has 0 radical (unpaired) electrons. The van der Waals surface area contributed by atoms with Gasteiger partial charge in [0.2, 0.25) is 0 Å². The molecule has 0 aromatic heterocycles. The van der Waals surface area contributed by atoms with Crippen LogP contribution in [0.2, 0.25) is 0 Å². The van der Waals surface area contributed by atoms with Crippen LogP contribution < -0.4 is 5.32 Å². The van der Waals surface area contributed by atoms with Crippen molar-refractivity contribution in [1.29, 1.82) is 0 Å². The fraction of sp³-hybridized carbons (Fsp3) is 0.0385. The number of rotatable bonds is 5. The molecule has 0 heterocycles. The van der Waals surface area contributed by atoms with E-state index in [0.29, 0.717) is 5.56 Å². The number of amides is 1. The van der Waals surface area contributed by atoms with Gasteiger partial charge < -0.3 is 5.32 Å². The number of halogens is 1. The minimum Gasteiger partial charge on any atom is -0.341 e. The molecule has 4 rings (SSSR count). The number of nitrogens with one attached hydrogen (secondary N) is 1. The Labute approximate surface area is 179 Å². The van der Waals surface area contributed by atoms with Crippen LogP contribution in [0.3, 0.4) is 0 Å². The van der Waals surface area contributed by atoms with Crippen molar-refractivity contribution in [1.82, 2.24) is 5.32 Å². The van der Waals surface area contributed by atoms with Gasteiger partial charge in [0, 0.05) is 4.47 Å². The van der Waals surface area contributed by atoms with Crippen molar-refractivity contribution < 1.29 is 4.79 Å². The van der Waals surface area contributed by atoms with E-state index in [1.807, 2.05) is 72.8 Å². The lowest BCUT2D eigenvalue weighted by Crippen LogP contribution is -2.29. The third kappa shape index (κ3) is 4.47. The maximum absolute atomic E-state index is 13.0. The maximum Gasteiger partial charge on any atom is 0.253 e. The van der Waals surface area contributed by atoms with E-state index in [1.165, 1.54) is 5.56 Å². The molecule has 1 atom stereocenters. The highest BCUT2D eigenvalue weighted by Crippen LogP contribution is 2.27. The second-order valence-corrected chi connectivity index (χ2v) is 7.64. The highest BCUT2D eigenvalue weighted by atomic mass is 79.9. The average molecular weight is 442 g/mol. The number of carbonyl (C=O) groups excluding carboxylic acids is 1. The summed E-state index contributed by atoms with van der Waals surface area (Å²) in [4.78, 5) is 13.0. The zero-order chi connectivity index (χ0) is 20.1. The Kier molecular flexibility index (Phi) is 5.87. The van der Waals surface area contributed by atoms with E-state index in [2.05, 4.69) is 57.6 Å². The third-order valence-corrected chi connectivity index (χ3v) is 5.57. The second-order valence-electron chi connectivity index (χ2n) is 6.79. The van der Waals surface area contributed by atoms with Crippen LogP contribution in [-0.2, 0) is 0 Å². The van der Waals surface area contributed by atoms with E-state index in [9.17, 15) is 4.79 Å². The molecule has 1 amide bonds. The van der Waals surface area contributed by atoms with Crippen LogP contribution in [-0.4, -0.2) is 5.91 Å². The lowest BCUT2D eigenvalue weighted by atomic mass is 9.96. The molecule has 0 aliphatic carbocycles. The Hall–Kier alpha value is -3.17. The third-order valence-electron chi connectivity index (χ3n) is 4.88. The highest BCUT2D eigenvalue weighted by Gasteiger charge is 2.19. The molecule has 0 spiro atoms. The molecule has 0 saturated heterocycles. The molecule has 0 unspecified atom stereocenters. The van der Waals surface area contributed by atoms with E-state index in [4.69, 9.17) is 0 Å². The summed E-state index contributed by atoms with van der Waals surface area (Å²) in [5.74, 6) is -0.113. The lowest BCUT2D eigenvalue weighted by Gasteiger charge is -2.21. The summed E-state index contributed by atoms with van der Waals surface area (Å²) in [6.45, 7) is 0. The molecule has 142 valence electrons. The number of carbonyl (C=O) groups is 1. The summed E-state index contributed by atoms with van der Waals surface area (Å²) in [5, 5.41) is 3.20. The normalized spacial score (nSPS) is 11.6. The van der Waals surface area contributed by atoms with Gasteiger partial charge in [-0.15, -0.1) is 0 Å². The Bertz CT molecular complexity index is 1090. The number of benzene rings is 4. The first-order valence-electron chi connectivity index (χ1n) is 9.48. The van der Waals surface area contributed by atoms with Crippen LogP contribution in [0.4, 0.5) is 0 Å². The summed E-state index contributed by atoms with van der Waals surface area (Å²) in [6, 6.07) is 35.9. The fourth-order valence-electron chi connectivity index (χ4n) is 3.36. The van der Waals surface area contributed by atoms with Crippen molar-refractivity contribution in [2.24, 2.45) is 0 Å². The first kappa shape index (κ1) is 19.2. The molecule has 0 aliphatic rings. The van der Waals surface area contributed by atoms with E-state index in [-0.39, 0.29) is 11.9 Å². The first-order valence-corrected chi connectivity index (χ1v) is 10.3. The van der Waals surface area contributed by atoms with Crippen LogP contribution >= 0.6 is 15.9 Å². The number of hydrogen-bond donors (Lipinski definition) is 1. The number of hydrogen-bond acceptors (Lipinski definition) is 1. The molecular weight excluding hydrogens is 422 g/mol. The van der Waals surface area contributed by atoms with E-state index < -0.39 is 0 Å². The Morgan fingerprint density at radius 1 is 0.621 bits per heavy atom. The van der Waals surface area contributed by atoms with Crippen LogP contribution in [0.15, 0.2) is 114 Å². The van der Waals surface area contributed by atoms with Gasteiger partial charge in [-0.05, 0) is 50.3 Å². The van der Waals surface area contributed by atoms with Gasteiger partial charge in [0.25, 0.3) is 5.91 Å². The van der Waals surface area contributed by atoms with Crippen molar-refractivity contribution in [2.75, 3.05) is 0 Å².